The number of nitrogens with one attached hydrogen (secondary N) is 2. The van der Waals surface area contributed by atoms with Gasteiger partial charge in [0.05, 0.1) is 10.8 Å². The average molecular weight is 381 g/mol. The van der Waals surface area contributed by atoms with Crippen molar-refractivity contribution in [2.45, 2.75) is 43.5 Å². The molecule has 2 aliphatic rings. The number of piperidine rings is 1. The van der Waals surface area contributed by atoms with E-state index < -0.39 is 27.9 Å². The van der Waals surface area contributed by atoms with Crippen LogP contribution in [0.25, 0.3) is 0 Å². The Labute approximate surface area is 152 Å². The van der Waals surface area contributed by atoms with Crippen LogP contribution in [0, 0.1) is 12.8 Å². The standard InChI is InChI=1S/C17H23N3O5S/c1-11-14(5-2-6-15(11)26(24,25)19-13-7-8-13)18-17(23)20-9-3-4-12(10-20)16(21)22/h2,5-6,12-13,19H,3-4,7-10H2,1H3,(H,18,23)(H,21,22). The zero-order valence-corrected chi connectivity index (χ0v) is 15.4. The Bertz CT molecular complexity index is 820. The number of likely N-dealkylation sites (tertiary alicyclic amines) is 1. The van der Waals surface area contributed by atoms with Crippen LogP contribution < -0.4 is 10.0 Å². The summed E-state index contributed by atoms with van der Waals surface area (Å²) in [7, 11) is -3.62. The Morgan fingerprint density at radius 2 is 1.96 bits per heavy atom. The molecule has 2 amide bonds. The van der Waals surface area contributed by atoms with Gasteiger partial charge >= 0.3 is 12.0 Å². The second-order valence-corrected chi connectivity index (χ2v) is 8.56. The maximum Gasteiger partial charge on any atom is 0.321 e. The van der Waals surface area contributed by atoms with Crippen molar-refractivity contribution >= 4 is 27.7 Å². The molecule has 0 bridgehead atoms. The summed E-state index contributed by atoms with van der Waals surface area (Å²) in [6, 6.07) is 4.32. The molecule has 9 heteroatoms. The van der Waals surface area contributed by atoms with Gasteiger partial charge in [-0.1, -0.05) is 6.07 Å². The van der Waals surface area contributed by atoms with Crippen LogP contribution in [0.1, 0.15) is 31.2 Å². The number of carboxylic acid groups (broad SMARTS) is 1. The van der Waals surface area contributed by atoms with Gasteiger partial charge in [0.25, 0.3) is 0 Å². The molecule has 8 nitrogen and oxygen atoms in total. The number of amides is 2. The largest absolute Gasteiger partial charge is 0.481 e. The summed E-state index contributed by atoms with van der Waals surface area (Å²) in [5.41, 5.74) is 0.868. The number of hydrogen-bond acceptors (Lipinski definition) is 4. The van der Waals surface area contributed by atoms with E-state index in [2.05, 4.69) is 10.0 Å². The van der Waals surface area contributed by atoms with Gasteiger partial charge in [-0.05, 0) is 50.3 Å². The molecule has 1 saturated heterocycles. The molecule has 0 radical (unpaired) electrons. The number of nitrogens with zero attached hydrogens (tertiary/aromatic N) is 1. The quantitative estimate of drug-likeness (QED) is 0.719. The fourth-order valence-corrected chi connectivity index (χ4v) is 4.65. The van der Waals surface area contributed by atoms with Gasteiger partial charge in [-0.3, -0.25) is 4.79 Å². The Kier molecular flexibility index (Phi) is 5.19. The zero-order chi connectivity index (χ0) is 18.9. The summed E-state index contributed by atoms with van der Waals surface area (Å²) < 4.78 is 27.6. The lowest BCUT2D eigenvalue weighted by Crippen LogP contribution is -2.44. The first-order chi connectivity index (χ1) is 12.3. The van der Waals surface area contributed by atoms with Crippen molar-refractivity contribution in [2.24, 2.45) is 5.92 Å². The maximum atomic E-state index is 12.5. The van der Waals surface area contributed by atoms with E-state index in [0.29, 0.717) is 30.6 Å². The monoisotopic (exact) mass is 381 g/mol. The normalized spacial score (nSPS) is 20.7. The predicted molar refractivity (Wildman–Crippen MR) is 95.5 cm³/mol. The molecule has 1 atom stereocenters. The third-order valence-electron chi connectivity index (χ3n) is 4.77. The van der Waals surface area contributed by atoms with Crippen LogP contribution in [-0.4, -0.2) is 49.6 Å². The summed E-state index contributed by atoms with van der Waals surface area (Å²) in [5, 5.41) is 11.9. The van der Waals surface area contributed by atoms with E-state index in [4.69, 9.17) is 5.11 Å². The van der Waals surface area contributed by atoms with Crippen LogP contribution >= 0.6 is 0 Å². The van der Waals surface area contributed by atoms with Crippen LogP contribution in [0.5, 0.6) is 0 Å². The minimum Gasteiger partial charge on any atom is -0.481 e. The molecular formula is C17H23N3O5S. The van der Waals surface area contributed by atoms with E-state index in [-0.39, 0.29) is 17.5 Å². The van der Waals surface area contributed by atoms with Crippen molar-refractivity contribution in [1.29, 1.82) is 0 Å². The Morgan fingerprint density at radius 3 is 2.62 bits per heavy atom. The third kappa shape index (κ3) is 4.16. The third-order valence-corrected chi connectivity index (χ3v) is 6.44. The molecule has 0 spiro atoms. The zero-order valence-electron chi connectivity index (χ0n) is 14.6. The van der Waals surface area contributed by atoms with E-state index in [9.17, 15) is 18.0 Å². The molecule has 1 unspecified atom stereocenters. The number of aliphatic carboxylic acids is 1. The maximum absolute atomic E-state index is 12.5. The highest BCUT2D eigenvalue weighted by atomic mass is 32.2. The molecule has 1 saturated carbocycles. The molecule has 26 heavy (non-hydrogen) atoms. The molecule has 142 valence electrons. The van der Waals surface area contributed by atoms with E-state index in [1.54, 1.807) is 19.1 Å². The summed E-state index contributed by atoms with van der Waals surface area (Å²) in [4.78, 5) is 25.3. The molecule has 1 aromatic carbocycles. The second kappa shape index (κ2) is 7.24. The van der Waals surface area contributed by atoms with Gasteiger partial charge in [0.2, 0.25) is 10.0 Å². The van der Waals surface area contributed by atoms with Gasteiger partial charge in [0.15, 0.2) is 0 Å². The number of sulfonamides is 1. The molecule has 2 fully saturated rings. The minimum atomic E-state index is -3.62. The highest BCUT2D eigenvalue weighted by Gasteiger charge is 2.30. The van der Waals surface area contributed by atoms with Gasteiger partial charge in [0.1, 0.15) is 0 Å². The topological polar surface area (TPSA) is 116 Å². The fraction of sp³-hybridized carbons (Fsp3) is 0.529. The highest BCUT2D eigenvalue weighted by molar-refractivity contribution is 7.89. The molecule has 3 N–H and O–H groups in total. The number of anilines is 1. The lowest BCUT2D eigenvalue weighted by molar-refractivity contribution is -0.143. The number of hydrogen-bond donors (Lipinski definition) is 3. The predicted octanol–water partition coefficient (Wildman–Crippen LogP) is 1.76. The van der Waals surface area contributed by atoms with Crippen molar-refractivity contribution in [1.82, 2.24) is 9.62 Å². The molecule has 1 aromatic rings. The van der Waals surface area contributed by atoms with E-state index in [1.807, 2.05) is 0 Å². The molecule has 0 aromatic heterocycles. The molecule has 3 rings (SSSR count). The van der Waals surface area contributed by atoms with Crippen molar-refractivity contribution in [3.05, 3.63) is 23.8 Å². The number of carbonyl (C=O) groups is 2. The van der Waals surface area contributed by atoms with Gasteiger partial charge in [-0.25, -0.2) is 17.9 Å². The summed E-state index contributed by atoms with van der Waals surface area (Å²) in [6.07, 6.45) is 2.87. The van der Waals surface area contributed by atoms with Crippen LogP contribution in [0.15, 0.2) is 23.1 Å². The van der Waals surface area contributed by atoms with E-state index in [1.165, 1.54) is 11.0 Å². The van der Waals surface area contributed by atoms with Crippen molar-refractivity contribution in [3.8, 4) is 0 Å². The number of carboxylic acids is 1. The average Bonchev–Trinajstić information content (AvgIpc) is 3.39. The summed E-state index contributed by atoms with van der Waals surface area (Å²) >= 11 is 0. The molecule has 1 heterocycles. The first kappa shape index (κ1) is 18.7. The Morgan fingerprint density at radius 1 is 1.23 bits per heavy atom. The van der Waals surface area contributed by atoms with Crippen LogP contribution in [0.3, 0.4) is 0 Å². The fourth-order valence-electron chi connectivity index (χ4n) is 3.08. The lowest BCUT2D eigenvalue weighted by atomic mass is 9.99. The van der Waals surface area contributed by atoms with E-state index in [0.717, 1.165) is 12.8 Å². The van der Waals surface area contributed by atoms with Crippen LogP contribution in [-0.2, 0) is 14.8 Å². The van der Waals surface area contributed by atoms with Crippen LogP contribution in [0.2, 0.25) is 0 Å². The van der Waals surface area contributed by atoms with Crippen molar-refractivity contribution in [3.63, 3.8) is 0 Å². The van der Waals surface area contributed by atoms with Crippen molar-refractivity contribution in [2.75, 3.05) is 18.4 Å². The number of carbonyl (C=O) groups excluding carboxylic acids is 1. The number of benzene rings is 1. The smallest absolute Gasteiger partial charge is 0.321 e. The Hall–Kier alpha value is -2.13. The first-order valence-corrected chi connectivity index (χ1v) is 10.2. The molecular weight excluding hydrogens is 358 g/mol. The summed E-state index contributed by atoms with van der Waals surface area (Å²) in [5.74, 6) is -1.47. The van der Waals surface area contributed by atoms with Crippen molar-refractivity contribution < 1.29 is 23.1 Å². The highest BCUT2D eigenvalue weighted by Crippen LogP contribution is 2.27. The van der Waals surface area contributed by atoms with Gasteiger partial charge in [-0.15, -0.1) is 0 Å². The second-order valence-electron chi connectivity index (χ2n) is 6.88. The SMILES string of the molecule is Cc1c(NC(=O)N2CCCC(C(=O)O)C2)cccc1S(=O)(=O)NC1CC1. The number of rotatable bonds is 5. The lowest BCUT2D eigenvalue weighted by Gasteiger charge is -2.31. The van der Waals surface area contributed by atoms with Gasteiger partial charge in [-0.2, -0.15) is 0 Å². The molecule has 1 aliphatic heterocycles. The van der Waals surface area contributed by atoms with Crippen LogP contribution in [0.4, 0.5) is 10.5 Å². The summed E-state index contributed by atoms with van der Waals surface area (Å²) in [6.45, 7) is 2.28. The molecule has 1 aliphatic carbocycles. The van der Waals surface area contributed by atoms with E-state index >= 15 is 0 Å². The number of urea groups is 1. The minimum absolute atomic E-state index is 0.000973. The first-order valence-electron chi connectivity index (χ1n) is 8.68. The van der Waals surface area contributed by atoms with Gasteiger partial charge in [0, 0.05) is 24.8 Å². The van der Waals surface area contributed by atoms with Gasteiger partial charge < -0.3 is 15.3 Å². The Balaban J connectivity index is 1.74.